The van der Waals surface area contributed by atoms with Crippen LogP contribution in [0.1, 0.15) is 25.1 Å². The monoisotopic (exact) mass is 520 g/mol. The first-order valence-corrected chi connectivity index (χ1v) is 11.8. The Morgan fingerprint density at radius 2 is 1.94 bits per heavy atom. The summed E-state index contributed by atoms with van der Waals surface area (Å²) in [6.45, 7) is -1.39. The lowest BCUT2D eigenvalue weighted by molar-refractivity contribution is -0.0384. The molecule has 6 rings (SSSR count). The molecule has 0 aromatic carbocycles. The van der Waals surface area contributed by atoms with E-state index in [-0.39, 0.29) is 24.5 Å². The molecule has 0 bridgehead atoms. The number of fused-ring (bicyclic) bond motifs is 3. The lowest BCUT2D eigenvalue weighted by Gasteiger charge is -2.40. The van der Waals surface area contributed by atoms with Gasteiger partial charge in [0, 0.05) is 36.6 Å². The Bertz CT molecular complexity index is 1450. The van der Waals surface area contributed by atoms with Crippen molar-refractivity contribution in [3.05, 3.63) is 47.6 Å². The van der Waals surface area contributed by atoms with Crippen molar-refractivity contribution >= 4 is 23.2 Å². The SMILES string of the molecule is Cn1nccc1Nc1cc(-c2cc3n(c2)CC(F)(F)Cn2c-3nnc2C2(C(F)F)CCC2)c(Cl)cn1. The molecule has 0 amide bonds. The van der Waals surface area contributed by atoms with Gasteiger partial charge in [-0.1, -0.05) is 18.0 Å². The Morgan fingerprint density at radius 1 is 1.14 bits per heavy atom. The standard InChI is InChI=1S/C23H21ClF4N8/c1-34-18(3-6-30-34)31-17-8-14(15(24)9-29-17)13-7-16-19-32-33-21(22(20(25)26)4-2-5-22)36(19)12-23(27,28)11-35(16)10-13/h3,6-10,20H,2,4-5,11-12H2,1H3,(H,29,31). The maximum atomic E-state index is 15.1. The van der Waals surface area contributed by atoms with Crippen LogP contribution in [-0.2, 0) is 25.6 Å². The van der Waals surface area contributed by atoms with Gasteiger partial charge in [-0.05, 0) is 25.0 Å². The van der Waals surface area contributed by atoms with Crippen LogP contribution in [0, 0.1) is 0 Å². The number of pyridine rings is 1. The van der Waals surface area contributed by atoms with Crippen LogP contribution in [0.4, 0.5) is 29.2 Å². The van der Waals surface area contributed by atoms with E-state index in [1.54, 1.807) is 42.3 Å². The molecule has 0 atom stereocenters. The van der Waals surface area contributed by atoms with Gasteiger partial charge in [0.1, 0.15) is 17.5 Å². The van der Waals surface area contributed by atoms with Gasteiger partial charge in [0.15, 0.2) is 5.82 Å². The van der Waals surface area contributed by atoms with E-state index in [0.29, 0.717) is 39.9 Å². The third-order valence-electron chi connectivity index (χ3n) is 7.02. The molecule has 4 aromatic rings. The minimum atomic E-state index is -3.20. The van der Waals surface area contributed by atoms with Crippen LogP contribution in [0.25, 0.3) is 22.6 Å². The summed E-state index contributed by atoms with van der Waals surface area (Å²) < 4.78 is 62.4. The number of halogens is 5. The average Bonchev–Trinajstić information content (AvgIpc) is 3.46. The number of rotatable bonds is 5. The fraction of sp³-hybridized carbons (Fsp3) is 0.391. The number of aryl methyl sites for hydroxylation is 1. The number of hydrogen-bond acceptors (Lipinski definition) is 5. The molecule has 188 valence electrons. The minimum Gasteiger partial charge on any atom is -0.338 e. The maximum Gasteiger partial charge on any atom is 0.283 e. The first-order valence-electron chi connectivity index (χ1n) is 11.4. The largest absolute Gasteiger partial charge is 0.338 e. The normalized spacial score (nSPS) is 17.9. The van der Waals surface area contributed by atoms with Crippen molar-refractivity contribution in [2.75, 3.05) is 5.32 Å². The van der Waals surface area contributed by atoms with Gasteiger partial charge >= 0.3 is 0 Å². The topological polar surface area (TPSA) is 78.4 Å². The number of aromatic nitrogens is 7. The van der Waals surface area contributed by atoms with Crippen LogP contribution in [0.5, 0.6) is 0 Å². The number of nitrogens with one attached hydrogen (secondary N) is 1. The van der Waals surface area contributed by atoms with Gasteiger partial charge in [-0.3, -0.25) is 4.68 Å². The summed E-state index contributed by atoms with van der Waals surface area (Å²) >= 11 is 6.44. The van der Waals surface area contributed by atoms with Crippen molar-refractivity contribution in [1.29, 1.82) is 0 Å². The smallest absolute Gasteiger partial charge is 0.283 e. The van der Waals surface area contributed by atoms with Crippen molar-refractivity contribution in [3.8, 4) is 22.6 Å². The molecule has 13 heteroatoms. The van der Waals surface area contributed by atoms with Crippen LogP contribution < -0.4 is 5.32 Å². The second-order valence-corrected chi connectivity index (χ2v) is 9.76. The Balaban J connectivity index is 1.44. The van der Waals surface area contributed by atoms with Crippen LogP contribution in [-0.4, -0.2) is 46.4 Å². The van der Waals surface area contributed by atoms with Crippen molar-refractivity contribution < 1.29 is 17.6 Å². The number of alkyl halides is 4. The molecule has 0 unspecified atom stereocenters. The fourth-order valence-electron chi connectivity index (χ4n) is 4.97. The third kappa shape index (κ3) is 3.57. The molecule has 36 heavy (non-hydrogen) atoms. The molecule has 2 aliphatic rings. The number of nitrogens with zero attached hydrogens (tertiary/aromatic N) is 7. The maximum absolute atomic E-state index is 15.1. The second-order valence-electron chi connectivity index (χ2n) is 9.36. The van der Waals surface area contributed by atoms with Gasteiger partial charge in [0.2, 0.25) is 0 Å². The summed E-state index contributed by atoms with van der Waals surface area (Å²) in [4.78, 5) is 4.29. The van der Waals surface area contributed by atoms with Crippen molar-refractivity contribution in [1.82, 2.24) is 34.1 Å². The van der Waals surface area contributed by atoms with Gasteiger partial charge in [-0.2, -0.15) is 5.10 Å². The quantitative estimate of drug-likeness (QED) is 0.362. The van der Waals surface area contributed by atoms with E-state index in [2.05, 4.69) is 25.6 Å². The first-order chi connectivity index (χ1) is 17.2. The summed E-state index contributed by atoms with van der Waals surface area (Å²) in [5.41, 5.74) is -0.0492. The van der Waals surface area contributed by atoms with Gasteiger partial charge in [-0.15, -0.1) is 10.2 Å². The van der Waals surface area contributed by atoms with E-state index in [9.17, 15) is 8.78 Å². The first kappa shape index (κ1) is 23.0. The number of anilines is 2. The second kappa shape index (κ2) is 8.05. The highest BCUT2D eigenvalue weighted by Crippen LogP contribution is 2.49. The molecule has 0 saturated heterocycles. The number of hydrogen-bond donors (Lipinski definition) is 1. The van der Waals surface area contributed by atoms with Crippen LogP contribution in [0.3, 0.4) is 0 Å². The molecule has 1 saturated carbocycles. The molecule has 1 aliphatic heterocycles. The summed E-state index contributed by atoms with van der Waals surface area (Å²) in [5, 5.41) is 15.7. The highest BCUT2D eigenvalue weighted by molar-refractivity contribution is 6.33. The third-order valence-corrected chi connectivity index (χ3v) is 7.32. The molecule has 0 spiro atoms. The molecule has 1 fully saturated rings. The van der Waals surface area contributed by atoms with E-state index < -0.39 is 30.9 Å². The fourth-order valence-corrected chi connectivity index (χ4v) is 5.18. The highest BCUT2D eigenvalue weighted by atomic mass is 35.5. The van der Waals surface area contributed by atoms with E-state index in [1.807, 2.05) is 0 Å². The molecule has 5 heterocycles. The Hall–Kier alpha value is -3.41. The minimum absolute atomic E-state index is 0.0702. The molecule has 0 radical (unpaired) electrons. The summed E-state index contributed by atoms with van der Waals surface area (Å²) in [5.74, 6) is -1.95. The predicted molar refractivity (Wildman–Crippen MR) is 125 cm³/mol. The average molecular weight is 521 g/mol. The van der Waals surface area contributed by atoms with Gasteiger partial charge in [-0.25, -0.2) is 22.5 Å². The molecule has 1 aliphatic carbocycles. The summed E-state index contributed by atoms with van der Waals surface area (Å²) in [6, 6.07) is 5.16. The summed E-state index contributed by atoms with van der Waals surface area (Å²) in [6.07, 6.45) is 2.94. The van der Waals surface area contributed by atoms with Crippen LogP contribution >= 0.6 is 11.6 Å². The van der Waals surface area contributed by atoms with Crippen LogP contribution in [0.15, 0.2) is 36.8 Å². The predicted octanol–water partition coefficient (Wildman–Crippen LogP) is 5.27. The molecule has 1 N–H and O–H groups in total. The van der Waals surface area contributed by atoms with E-state index in [0.717, 1.165) is 0 Å². The molecule has 8 nitrogen and oxygen atoms in total. The Morgan fingerprint density at radius 3 is 2.61 bits per heavy atom. The van der Waals surface area contributed by atoms with E-state index in [1.165, 1.54) is 15.3 Å². The van der Waals surface area contributed by atoms with E-state index >= 15 is 8.78 Å². The van der Waals surface area contributed by atoms with E-state index in [4.69, 9.17) is 11.6 Å². The van der Waals surface area contributed by atoms with Crippen molar-refractivity contribution in [2.24, 2.45) is 7.05 Å². The lowest BCUT2D eigenvalue weighted by atomic mass is 9.68. The van der Waals surface area contributed by atoms with Crippen molar-refractivity contribution in [2.45, 2.75) is 50.1 Å². The molecular weight excluding hydrogens is 500 g/mol. The van der Waals surface area contributed by atoms with Gasteiger partial charge in [0.25, 0.3) is 12.3 Å². The highest BCUT2D eigenvalue weighted by Gasteiger charge is 2.52. The van der Waals surface area contributed by atoms with Crippen LogP contribution in [0.2, 0.25) is 5.02 Å². The molecular formula is C23H21ClF4N8. The Labute approximate surface area is 207 Å². The van der Waals surface area contributed by atoms with Gasteiger partial charge < -0.3 is 14.5 Å². The summed E-state index contributed by atoms with van der Waals surface area (Å²) in [7, 11) is 1.77. The van der Waals surface area contributed by atoms with Crippen molar-refractivity contribution in [3.63, 3.8) is 0 Å². The Kier molecular flexibility index (Phi) is 5.15. The van der Waals surface area contributed by atoms with Gasteiger partial charge in [0.05, 0.1) is 35.4 Å². The lowest BCUT2D eigenvalue weighted by Crippen LogP contribution is -2.44. The zero-order valence-electron chi connectivity index (χ0n) is 19.1. The zero-order valence-corrected chi connectivity index (χ0v) is 19.9. The molecule has 4 aromatic heterocycles. The zero-order chi connectivity index (χ0) is 25.2.